The molecular formula is C8H17NO. The third-order valence-electron chi connectivity index (χ3n) is 1.98. The smallest absolute Gasteiger partial charge is 0.0973 e. The van der Waals surface area contributed by atoms with Gasteiger partial charge in [-0.25, -0.2) is 0 Å². The molecule has 1 heterocycles. The molecule has 0 aliphatic carbocycles. The van der Waals surface area contributed by atoms with Crippen LogP contribution in [0, 0.1) is 5.41 Å². The minimum Gasteiger partial charge on any atom is -0.361 e. The van der Waals surface area contributed by atoms with Gasteiger partial charge in [0.05, 0.1) is 12.8 Å². The summed E-state index contributed by atoms with van der Waals surface area (Å²) in [5.41, 5.74) is 0.267. The molecule has 0 saturated carbocycles. The standard InChI is InChI=1S/C8H17NO/c1-6-7(8(2,3)4)10-5-9-6/h6-7,9H,5H2,1-4H3. The highest BCUT2D eigenvalue weighted by atomic mass is 16.5. The quantitative estimate of drug-likeness (QED) is 0.553. The average molecular weight is 143 g/mol. The van der Waals surface area contributed by atoms with Crippen LogP contribution in [-0.2, 0) is 4.74 Å². The van der Waals surface area contributed by atoms with Crippen LogP contribution in [0.2, 0.25) is 0 Å². The zero-order chi connectivity index (χ0) is 7.78. The van der Waals surface area contributed by atoms with E-state index in [1.165, 1.54) is 0 Å². The van der Waals surface area contributed by atoms with E-state index in [9.17, 15) is 0 Å². The second-order valence-electron chi connectivity index (χ2n) is 4.09. The van der Waals surface area contributed by atoms with Crippen molar-refractivity contribution in [3.05, 3.63) is 0 Å². The summed E-state index contributed by atoms with van der Waals surface area (Å²) in [5, 5.41) is 3.25. The van der Waals surface area contributed by atoms with Crippen LogP contribution in [0.1, 0.15) is 27.7 Å². The molecule has 0 radical (unpaired) electrons. The van der Waals surface area contributed by atoms with Crippen molar-refractivity contribution >= 4 is 0 Å². The first-order valence-electron chi connectivity index (χ1n) is 3.87. The zero-order valence-electron chi connectivity index (χ0n) is 7.27. The summed E-state index contributed by atoms with van der Waals surface area (Å²) in [4.78, 5) is 0. The van der Waals surface area contributed by atoms with E-state index in [0.29, 0.717) is 18.9 Å². The molecule has 1 rings (SSSR count). The maximum absolute atomic E-state index is 5.52. The summed E-state index contributed by atoms with van der Waals surface area (Å²) >= 11 is 0. The molecule has 2 heteroatoms. The summed E-state index contributed by atoms with van der Waals surface area (Å²) in [6.07, 6.45) is 0.368. The van der Waals surface area contributed by atoms with Crippen molar-refractivity contribution in [1.29, 1.82) is 0 Å². The number of nitrogens with one attached hydrogen (secondary N) is 1. The maximum atomic E-state index is 5.52. The molecule has 0 aromatic heterocycles. The molecule has 1 N–H and O–H groups in total. The van der Waals surface area contributed by atoms with E-state index in [2.05, 4.69) is 33.0 Å². The fourth-order valence-electron chi connectivity index (χ4n) is 1.52. The Morgan fingerprint density at radius 2 is 2.00 bits per heavy atom. The Kier molecular flexibility index (Phi) is 2.02. The van der Waals surface area contributed by atoms with Crippen LogP contribution in [0.3, 0.4) is 0 Å². The fourth-order valence-corrected chi connectivity index (χ4v) is 1.52. The SMILES string of the molecule is CC1NCOC1C(C)(C)C. The van der Waals surface area contributed by atoms with Gasteiger partial charge in [-0.15, -0.1) is 0 Å². The highest BCUT2D eigenvalue weighted by Gasteiger charge is 2.33. The highest BCUT2D eigenvalue weighted by molar-refractivity contribution is 4.86. The number of rotatable bonds is 0. The van der Waals surface area contributed by atoms with Gasteiger partial charge in [-0.2, -0.15) is 0 Å². The lowest BCUT2D eigenvalue weighted by Gasteiger charge is -2.28. The first kappa shape index (κ1) is 8.02. The van der Waals surface area contributed by atoms with Gasteiger partial charge < -0.3 is 4.74 Å². The van der Waals surface area contributed by atoms with Crippen LogP contribution in [0.25, 0.3) is 0 Å². The van der Waals surface area contributed by atoms with Crippen molar-refractivity contribution in [2.45, 2.75) is 39.8 Å². The van der Waals surface area contributed by atoms with Crippen LogP contribution in [0.5, 0.6) is 0 Å². The third-order valence-corrected chi connectivity index (χ3v) is 1.98. The molecule has 1 aliphatic heterocycles. The van der Waals surface area contributed by atoms with Gasteiger partial charge in [0.15, 0.2) is 0 Å². The molecule has 1 saturated heterocycles. The topological polar surface area (TPSA) is 21.3 Å². The first-order chi connectivity index (χ1) is 4.52. The summed E-state index contributed by atoms with van der Waals surface area (Å²) in [6, 6.07) is 0.500. The normalized spacial score (nSPS) is 34.8. The third kappa shape index (κ3) is 1.50. The second-order valence-corrected chi connectivity index (χ2v) is 4.09. The largest absolute Gasteiger partial charge is 0.361 e. The molecular weight excluding hydrogens is 126 g/mol. The van der Waals surface area contributed by atoms with Gasteiger partial charge in [0.2, 0.25) is 0 Å². The Balaban J connectivity index is 2.55. The van der Waals surface area contributed by atoms with Crippen molar-refractivity contribution in [1.82, 2.24) is 5.32 Å². The van der Waals surface area contributed by atoms with E-state index in [1.807, 2.05) is 0 Å². The molecule has 2 atom stereocenters. The van der Waals surface area contributed by atoms with E-state index in [4.69, 9.17) is 4.74 Å². The highest BCUT2D eigenvalue weighted by Crippen LogP contribution is 2.27. The van der Waals surface area contributed by atoms with Crippen molar-refractivity contribution in [2.75, 3.05) is 6.73 Å². The van der Waals surface area contributed by atoms with Crippen LogP contribution >= 0.6 is 0 Å². The number of hydrogen-bond acceptors (Lipinski definition) is 2. The lowest BCUT2D eigenvalue weighted by molar-refractivity contribution is 0.0231. The maximum Gasteiger partial charge on any atom is 0.0973 e. The number of hydrogen-bond donors (Lipinski definition) is 1. The lowest BCUT2D eigenvalue weighted by atomic mass is 9.86. The van der Waals surface area contributed by atoms with Crippen molar-refractivity contribution < 1.29 is 4.74 Å². The van der Waals surface area contributed by atoms with Crippen molar-refractivity contribution in [2.24, 2.45) is 5.41 Å². The summed E-state index contributed by atoms with van der Waals surface area (Å²) < 4.78 is 5.52. The summed E-state index contributed by atoms with van der Waals surface area (Å²) in [7, 11) is 0. The molecule has 0 spiro atoms. The van der Waals surface area contributed by atoms with Crippen LogP contribution in [0.4, 0.5) is 0 Å². The fraction of sp³-hybridized carbons (Fsp3) is 1.00. The van der Waals surface area contributed by atoms with E-state index < -0.39 is 0 Å². The molecule has 2 unspecified atom stereocenters. The van der Waals surface area contributed by atoms with Crippen molar-refractivity contribution in [3.8, 4) is 0 Å². The molecule has 0 aromatic carbocycles. The van der Waals surface area contributed by atoms with E-state index in [1.54, 1.807) is 0 Å². The van der Waals surface area contributed by atoms with E-state index in [0.717, 1.165) is 0 Å². The molecule has 60 valence electrons. The molecule has 0 amide bonds. The molecule has 10 heavy (non-hydrogen) atoms. The predicted octanol–water partition coefficient (Wildman–Crippen LogP) is 1.37. The van der Waals surface area contributed by atoms with Gasteiger partial charge in [0, 0.05) is 6.04 Å². The second kappa shape index (κ2) is 2.51. The van der Waals surface area contributed by atoms with Gasteiger partial charge >= 0.3 is 0 Å². The summed E-state index contributed by atoms with van der Waals surface area (Å²) in [5.74, 6) is 0. The molecule has 2 nitrogen and oxygen atoms in total. The molecule has 0 bridgehead atoms. The van der Waals surface area contributed by atoms with Gasteiger partial charge in [-0.1, -0.05) is 20.8 Å². The van der Waals surface area contributed by atoms with Crippen LogP contribution in [-0.4, -0.2) is 18.9 Å². The monoisotopic (exact) mass is 143 g/mol. The van der Waals surface area contributed by atoms with Gasteiger partial charge in [-0.05, 0) is 12.3 Å². The predicted molar refractivity (Wildman–Crippen MR) is 41.8 cm³/mol. The van der Waals surface area contributed by atoms with E-state index in [-0.39, 0.29) is 5.41 Å². The van der Waals surface area contributed by atoms with Crippen LogP contribution in [0.15, 0.2) is 0 Å². The van der Waals surface area contributed by atoms with Crippen molar-refractivity contribution in [3.63, 3.8) is 0 Å². The molecule has 0 aromatic rings. The minimum absolute atomic E-state index is 0.267. The first-order valence-corrected chi connectivity index (χ1v) is 3.87. The Bertz CT molecular complexity index is 117. The lowest BCUT2D eigenvalue weighted by Crippen LogP contribution is -2.36. The molecule has 1 aliphatic rings. The summed E-state index contributed by atoms with van der Waals surface area (Å²) in [6.45, 7) is 9.51. The molecule has 1 fully saturated rings. The Morgan fingerprint density at radius 1 is 1.40 bits per heavy atom. The Hall–Kier alpha value is -0.0800. The van der Waals surface area contributed by atoms with Gasteiger partial charge in [0.1, 0.15) is 0 Å². The average Bonchev–Trinajstić information content (AvgIpc) is 2.11. The van der Waals surface area contributed by atoms with Crippen LogP contribution < -0.4 is 5.32 Å². The number of ether oxygens (including phenoxy) is 1. The van der Waals surface area contributed by atoms with E-state index >= 15 is 0 Å². The van der Waals surface area contributed by atoms with Gasteiger partial charge in [0.25, 0.3) is 0 Å². The minimum atomic E-state index is 0.267. The Morgan fingerprint density at radius 3 is 2.20 bits per heavy atom. The Labute approximate surface area is 63.0 Å². The zero-order valence-corrected chi connectivity index (χ0v) is 7.27. The van der Waals surface area contributed by atoms with Gasteiger partial charge in [-0.3, -0.25) is 5.32 Å².